The van der Waals surface area contributed by atoms with E-state index in [2.05, 4.69) is 0 Å². The first-order valence-corrected chi connectivity index (χ1v) is 5.74. The van der Waals surface area contributed by atoms with Crippen LogP contribution in [0, 0.1) is 11.8 Å². The van der Waals surface area contributed by atoms with Crippen LogP contribution < -0.4 is 0 Å². The molecule has 3 heteroatoms. The van der Waals surface area contributed by atoms with Crippen molar-refractivity contribution < 1.29 is 14.2 Å². The molecule has 1 aliphatic carbocycles. The number of hydrogen-bond acceptors (Lipinski definition) is 3. The van der Waals surface area contributed by atoms with Crippen molar-refractivity contribution in [1.29, 1.82) is 0 Å². The van der Waals surface area contributed by atoms with Crippen LogP contribution in [-0.2, 0) is 14.2 Å². The summed E-state index contributed by atoms with van der Waals surface area (Å²) in [6, 6.07) is 0. The molecule has 1 spiro atoms. The summed E-state index contributed by atoms with van der Waals surface area (Å²) in [5, 5.41) is 0. The van der Waals surface area contributed by atoms with E-state index in [1.165, 1.54) is 12.8 Å². The first kappa shape index (κ1) is 9.13. The first-order chi connectivity index (χ1) is 6.88. The summed E-state index contributed by atoms with van der Waals surface area (Å²) in [5.74, 6) is 1.32. The Morgan fingerprint density at radius 1 is 0.929 bits per heavy atom. The fourth-order valence-electron chi connectivity index (χ4n) is 3.11. The third kappa shape index (κ3) is 1.47. The molecule has 3 aliphatic rings. The summed E-state index contributed by atoms with van der Waals surface area (Å²) in [6.45, 7) is 3.42. The molecule has 2 heterocycles. The van der Waals surface area contributed by atoms with Crippen molar-refractivity contribution in [2.24, 2.45) is 11.8 Å². The lowest BCUT2D eigenvalue weighted by atomic mass is 9.74. The highest BCUT2D eigenvalue weighted by atomic mass is 16.7. The smallest absolute Gasteiger partial charge is 0.168 e. The Hall–Kier alpha value is -0.120. The Morgan fingerprint density at radius 3 is 2.64 bits per heavy atom. The lowest BCUT2D eigenvalue weighted by molar-refractivity contribution is -0.206. The van der Waals surface area contributed by atoms with Gasteiger partial charge in [-0.05, 0) is 24.7 Å². The second-order valence-corrected chi connectivity index (χ2v) is 4.73. The van der Waals surface area contributed by atoms with E-state index in [1.807, 2.05) is 0 Å². The summed E-state index contributed by atoms with van der Waals surface area (Å²) in [5.41, 5.74) is 0. The van der Waals surface area contributed by atoms with E-state index in [-0.39, 0.29) is 5.79 Å². The normalized spacial score (nSPS) is 41.1. The van der Waals surface area contributed by atoms with Gasteiger partial charge in [0.15, 0.2) is 5.79 Å². The third-order valence-corrected chi connectivity index (χ3v) is 3.91. The highest BCUT2D eigenvalue weighted by Crippen LogP contribution is 2.44. The molecule has 0 aromatic heterocycles. The Kier molecular flexibility index (Phi) is 2.26. The second kappa shape index (κ2) is 3.47. The molecule has 3 nitrogen and oxygen atoms in total. The van der Waals surface area contributed by atoms with E-state index in [4.69, 9.17) is 14.2 Å². The molecule has 1 saturated carbocycles. The van der Waals surface area contributed by atoms with Crippen molar-refractivity contribution in [3.05, 3.63) is 0 Å². The molecular formula is C11H18O3. The van der Waals surface area contributed by atoms with Crippen LogP contribution in [-0.4, -0.2) is 32.2 Å². The molecule has 0 bridgehead atoms. The molecule has 2 aliphatic heterocycles. The molecule has 2 unspecified atom stereocenters. The van der Waals surface area contributed by atoms with Gasteiger partial charge in [0, 0.05) is 26.1 Å². The van der Waals surface area contributed by atoms with Crippen molar-refractivity contribution in [2.45, 2.75) is 31.5 Å². The minimum Gasteiger partial charge on any atom is -0.381 e. The van der Waals surface area contributed by atoms with E-state index >= 15 is 0 Å². The molecule has 14 heavy (non-hydrogen) atoms. The van der Waals surface area contributed by atoms with Gasteiger partial charge in [0.25, 0.3) is 0 Å². The second-order valence-electron chi connectivity index (χ2n) is 4.73. The van der Waals surface area contributed by atoms with Gasteiger partial charge in [-0.25, -0.2) is 0 Å². The van der Waals surface area contributed by atoms with Crippen LogP contribution in [0.4, 0.5) is 0 Å². The van der Waals surface area contributed by atoms with Crippen LogP contribution in [0.15, 0.2) is 0 Å². The summed E-state index contributed by atoms with van der Waals surface area (Å²) < 4.78 is 17.0. The van der Waals surface area contributed by atoms with Crippen LogP contribution in [0.3, 0.4) is 0 Å². The minimum absolute atomic E-state index is 0.220. The van der Waals surface area contributed by atoms with Crippen LogP contribution in [0.1, 0.15) is 25.7 Å². The van der Waals surface area contributed by atoms with E-state index in [9.17, 15) is 0 Å². The molecule has 0 N–H and O–H groups in total. The van der Waals surface area contributed by atoms with Crippen LogP contribution in [0.5, 0.6) is 0 Å². The summed E-state index contributed by atoms with van der Waals surface area (Å²) in [7, 11) is 0. The van der Waals surface area contributed by atoms with Gasteiger partial charge in [-0.3, -0.25) is 0 Å². The Morgan fingerprint density at radius 2 is 1.79 bits per heavy atom. The zero-order valence-corrected chi connectivity index (χ0v) is 8.54. The maximum atomic E-state index is 5.75. The van der Waals surface area contributed by atoms with Gasteiger partial charge in [-0.2, -0.15) is 0 Å². The molecule has 0 amide bonds. The zero-order chi connectivity index (χ0) is 9.43. The quantitative estimate of drug-likeness (QED) is 0.591. The highest BCUT2D eigenvalue weighted by molar-refractivity contribution is 4.89. The number of fused-ring (bicyclic) bond motifs is 1. The van der Waals surface area contributed by atoms with Gasteiger partial charge in [0.2, 0.25) is 0 Å². The molecule has 0 aromatic carbocycles. The molecule has 0 radical (unpaired) electrons. The van der Waals surface area contributed by atoms with Crippen molar-refractivity contribution >= 4 is 0 Å². The molecular weight excluding hydrogens is 180 g/mol. The predicted molar refractivity (Wildman–Crippen MR) is 50.9 cm³/mol. The molecule has 3 fully saturated rings. The maximum absolute atomic E-state index is 5.75. The predicted octanol–water partition coefficient (Wildman–Crippen LogP) is 1.57. The zero-order valence-electron chi connectivity index (χ0n) is 8.54. The van der Waals surface area contributed by atoms with Crippen LogP contribution in [0.25, 0.3) is 0 Å². The van der Waals surface area contributed by atoms with Gasteiger partial charge in [-0.1, -0.05) is 0 Å². The van der Waals surface area contributed by atoms with Crippen molar-refractivity contribution in [1.82, 2.24) is 0 Å². The van der Waals surface area contributed by atoms with E-state index in [1.54, 1.807) is 0 Å². The highest BCUT2D eigenvalue weighted by Gasteiger charge is 2.45. The number of rotatable bonds is 0. The fraction of sp³-hybridized carbons (Fsp3) is 1.00. The summed E-state index contributed by atoms with van der Waals surface area (Å²) in [6.07, 6.45) is 4.64. The van der Waals surface area contributed by atoms with Crippen LogP contribution in [0.2, 0.25) is 0 Å². The maximum Gasteiger partial charge on any atom is 0.168 e. The Bertz CT molecular complexity index is 211. The van der Waals surface area contributed by atoms with Gasteiger partial charge < -0.3 is 14.2 Å². The lowest BCUT2D eigenvalue weighted by Crippen LogP contribution is -2.43. The topological polar surface area (TPSA) is 27.7 Å². The van der Waals surface area contributed by atoms with Gasteiger partial charge in [-0.15, -0.1) is 0 Å². The number of ether oxygens (including phenoxy) is 3. The average molecular weight is 198 g/mol. The van der Waals surface area contributed by atoms with Gasteiger partial charge in [0.1, 0.15) is 0 Å². The summed E-state index contributed by atoms with van der Waals surface area (Å²) >= 11 is 0. The number of hydrogen-bond donors (Lipinski definition) is 0. The Labute approximate surface area is 84.7 Å². The lowest BCUT2D eigenvalue weighted by Gasteiger charge is -2.43. The Balaban J connectivity index is 1.70. The first-order valence-electron chi connectivity index (χ1n) is 5.74. The van der Waals surface area contributed by atoms with Crippen molar-refractivity contribution in [3.63, 3.8) is 0 Å². The molecule has 2 saturated heterocycles. The summed E-state index contributed by atoms with van der Waals surface area (Å²) in [4.78, 5) is 0. The van der Waals surface area contributed by atoms with Crippen LogP contribution >= 0.6 is 0 Å². The molecule has 2 atom stereocenters. The van der Waals surface area contributed by atoms with E-state index < -0.39 is 0 Å². The molecule has 0 aromatic rings. The van der Waals surface area contributed by atoms with E-state index in [0.29, 0.717) is 5.92 Å². The largest absolute Gasteiger partial charge is 0.381 e. The van der Waals surface area contributed by atoms with Gasteiger partial charge in [0.05, 0.1) is 13.2 Å². The molecule has 80 valence electrons. The van der Waals surface area contributed by atoms with E-state index in [0.717, 1.165) is 45.2 Å². The van der Waals surface area contributed by atoms with Crippen molar-refractivity contribution in [2.75, 3.05) is 26.4 Å². The van der Waals surface area contributed by atoms with Gasteiger partial charge >= 0.3 is 0 Å². The molecule has 3 rings (SSSR count). The average Bonchev–Trinajstić information content (AvgIpc) is 2.66. The third-order valence-electron chi connectivity index (χ3n) is 3.91. The standard InChI is InChI=1S/C11H18O3/c1-3-11(13-5-6-14-11)7-10-8-12-4-2-9(1)10/h9-10H,1-8H2. The van der Waals surface area contributed by atoms with Crippen molar-refractivity contribution in [3.8, 4) is 0 Å². The fourth-order valence-corrected chi connectivity index (χ4v) is 3.11. The SMILES string of the molecule is C1CC2CCC3(CC2CO1)OCCO3. The monoisotopic (exact) mass is 198 g/mol. The minimum atomic E-state index is -0.220.